The molecule has 0 bridgehead atoms. The molecule has 4 fully saturated rings. The summed E-state index contributed by atoms with van der Waals surface area (Å²) in [4.78, 5) is 11.1. The lowest BCUT2D eigenvalue weighted by Crippen LogP contribution is -2.56. The number of aliphatic carboxylic acids is 1. The predicted molar refractivity (Wildman–Crippen MR) is 116 cm³/mol. The maximum absolute atomic E-state index is 11.1. The van der Waals surface area contributed by atoms with Crippen LogP contribution >= 0.6 is 0 Å². The first-order valence-electron chi connectivity index (χ1n) is 12.6. The number of hydrogen-bond acceptors (Lipinski definition) is 2. The van der Waals surface area contributed by atoms with Crippen LogP contribution in [0.15, 0.2) is 0 Å². The molecule has 0 saturated heterocycles. The van der Waals surface area contributed by atoms with E-state index in [0.29, 0.717) is 35.0 Å². The number of aliphatic hydroxyl groups is 1. The molecule has 4 saturated carbocycles. The number of hydrogen-bond donors (Lipinski definition) is 2. The minimum absolute atomic E-state index is 0.0709. The van der Waals surface area contributed by atoms with Gasteiger partial charge in [0.1, 0.15) is 0 Å². The summed E-state index contributed by atoms with van der Waals surface area (Å²) in [5.41, 5.74) is 0.839. The van der Waals surface area contributed by atoms with Crippen molar-refractivity contribution in [1.29, 1.82) is 0 Å². The summed E-state index contributed by atoms with van der Waals surface area (Å²) in [7, 11) is 0. The van der Waals surface area contributed by atoms with E-state index in [0.717, 1.165) is 42.9 Å². The van der Waals surface area contributed by atoms with Gasteiger partial charge in [-0.05, 0) is 110 Å². The third-order valence-electron chi connectivity index (χ3n) is 10.9. The smallest absolute Gasteiger partial charge is 0.303 e. The fraction of sp³-hybridized carbons (Fsp3) is 0.962. The second-order valence-electron chi connectivity index (χ2n) is 12.0. The van der Waals surface area contributed by atoms with Gasteiger partial charge in [0.15, 0.2) is 0 Å². The zero-order chi connectivity index (χ0) is 21.0. The molecular formula is C26H44O3. The van der Waals surface area contributed by atoms with E-state index in [1.807, 2.05) is 0 Å². The van der Waals surface area contributed by atoms with Crippen molar-refractivity contribution in [3.05, 3.63) is 0 Å². The van der Waals surface area contributed by atoms with E-state index in [2.05, 4.69) is 27.7 Å². The molecule has 0 amide bonds. The van der Waals surface area contributed by atoms with Gasteiger partial charge in [0.25, 0.3) is 0 Å². The van der Waals surface area contributed by atoms with Gasteiger partial charge >= 0.3 is 5.97 Å². The lowest BCUT2D eigenvalue weighted by atomic mass is 9.42. The van der Waals surface area contributed by atoms with Gasteiger partial charge in [-0.3, -0.25) is 4.79 Å². The van der Waals surface area contributed by atoms with Crippen molar-refractivity contribution in [2.24, 2.45) is 52.3 Å². The van der Waals surface area contributed by atoms with Gasteiger partial charge in [0, 0.05) is 6.42 Å². The predicted octanol–water partition coefficient (Wildman–Crippen LogP) is 6.14. The molecule has 3 nitrogen and oxygen atoms in total. The molecule has 0 aromatic rings. The summed E-state index contributed by atoms with van der Waals surface area (Å²) in [6.45, 7) is 9.86. The fourth-order valence-electron chi connectivity index (χ4n) is 9.46. The molecule has 29 heavy (non-hydrogen) atoms. The highest BCUT2D eigenvalue weighted by Gasteiger charge is 2.62. The van der Waals surface area contributed by atoms with E-state index >= 15 is 0 Å². The van der Waals surface area contributed by atoms with E-state index in [1.165, 1.54) is 44.9 Å². The highest BCUT2D eigenvalue weighted by Crippen LogP contribution is 2.69. The van der Waals surface area contributed by atoms with Crippen LogP contribution in [0.2, 0.25) is 0 Å². The Hall–Kier alpha value is -0.570. The van der Waals surface area contributed by atoms with Crippen LogP contribution in [0.4, 0.5) is 0 Å². The van der Waals surface area contributed by atoms with Crippen molar-refractivity contribution in [1.82, 2.24) is 0 Å². The number of rotatable bonds is 5. The standard InChI is InChI=1S/C26H44O3/c1-5-17-14-19-21-8-7-20(16(2)6-9-24(28)29)25(21,3)13-11-22(19)26(4)12-10-18(27)15-23(17)26/h16-23,27H,5-15H2,1-4H3,(H,28,29)/t16-,17+,18-,19?,20-,21?,22?,23+,25-,26-/m1/s1. The van der Waals surface area contributed by atoms with Gasteiger partial charge < -0.3 is 10.2 Å². The van der Waals surface area contributed by atoms with Crippen LogP contribution in [-0.4, -0.2) is 22.3 Å². The largest absolute Gasteiger partial charge is 0.481 e. The molecule has 0 aliphatic heterocycles. The highest BCUT2D eigenvalue weighted by molar-refractivity contribution is 5.66. The van der Waals surface area contributed by atoms with E-state index < -0.39 is 5.97 Å². The minimum atomic E-state index is -0.642. The number of fused-ring (bicyclic) bond motifs is 5. The summed E-state index contributed by atoms with van der Waals surface area (Å²) in [5.74, 6) is 4.60. The molecule has 0 radical (unpaired) electrons. The number of carboxylic acids is 1. The van der Waals surface area contributed by atoms with E-state index in [-0.39, 0.29) is 6.10 Å². The molecule has 10 atom stereocenters. The van der Waals surface area contributed by atoms with Crippen molar-refractivity contribution in [2.75, 3.05) is 0 Å². The molecule has 0 spiro atoms. The normalized spacial score (nSPS) is 50.3. The quantitative estimate of drug-likeness (QED) is 0.578. The van der Waals surface area contributed by atoms with Crippen LogP contribution in [0.1, 0.15) is 98.3 Å². The monoisotopic (exact) mass is 404 g/mol. The van der Waals surface area contributed by atoms with Gasteiger partial charge in [-0.1, -0.05) is 34.1 Å². The average molecular weight is 405 g/mol. The Morgan fingerprint density at radius 3 is 2.38 bits per heavy atom. The Bertz CT molecular complexity index is 617. The van der Waals surface area contributed by atoms with Crippen molar-refractivity contribution < 1.29 is 15.0 Å². The molecule has 3 heteroatoms. The second kappa shape index (κ2) is 7.84. The SMILES string of the molecule is CC[C@H]1CC2C3CC[C@H]([C@H](C)CCC(=O)O)[C@@]3(C)CCC2[C@@]2(C)CC[C@@H](O)C[C@@H]12. The molecular weight excluding hydrogens is 360 g/mol. The molecule has 0 heterocycles. The lowest BCUT2D eigenvalue weighted by Gasteiger charge is -2.63. The molecule has 4 aliphatic rings. The fourth-order valence-corrected chi connectivity index (χ4v) is 9.46. The third-order valence-corrected chi connectivity index (χ3v) is 10.9. The van der Waals surface area contributed by atoms with Gasteiger partial charge in [-0.25, -0.2) is 0 Å². The van der Waals surface area contributed by atoms with Crippen LogP contribution in [0.25, 0.3) is 0 Å². The summed E-state index contributed by atoms with van der Waals surface area (Å²) < 4.78 is 0. The van der Waals surface area contributed by atoms with E-state index in [4.69, 9.17) is 5.11 Å². The first kappa shape index (κ1) is 21.7. The Morgan fingerprint density at radius 2 is 1.69 bits per heavy atom. The lowest BCUT2D eigenvalue weighted by molar-refractivity contribution is -0.152. The molecule has 0 aromatic carbocycles. The van der Waals surface area contributed by atoms with E-state index in [1.54, 1.807) is 0 Å². The number of carbonyl (C=O) groups is 1. The molecule has 166 valence electrons. The summed E-state index contributed by atoms with van der Waals surface area (Å²) in [6.07, 6.45) is 12.4. The van der Waals surface area contributed by atoms with Crippen LogP contribution in [0.5, 0.6) is 0 Å². The second-order valence-corrected chi connectivity index (χ2v) is 12.0. The zero-order valence-electron chi connectivity index (χ0n) is 19.2. The molecule has 0 aromatic heterocycles. The molecule has 4 aliphatic carbocycles. The van der Waals surface area contributed by atoms with Gasteiger partial charge in [-0.15, -0.1) is 0 Å². The van der Waals surface area contributed by atoms with Gasteiger partial charge in [0.2, 0.25) is 0 Å². The van der Waals surface area contributed by atoms with Crippen molar-refractivity contribution in [3.63, 3.8) is 0 Å². The summed E-state index contributed by atoms with van der Waals surface area (Å²) >= 11 is 0. The van der Waals surface area contributed by atoms with Gasteiger partial charge in [-0.2, -0.15) is 0 Å². The maximum atomic E-state index is 11.1. The van der Waals surface area contributed by atoms with Gasteiger partial charge in [0.05, 0.1) is 6.10 Å². The highest BCUT2D eigenvalue weighted by atomic mass is 16.4. The zero-order valence-corrected chi connectivity index (χ0v) is 19.2. The Kier molecular flexibility index (Phi) is 5.86. The molecule has 3 unspecified atom stereocenters. The Balaban J connectivity index is 1.57. The van der Waals surface area contributed by atoms with E-state index in [9.17, 15) is 9.90 Å². The first-order valence-corrected chi connectivity index (χ1v) is 12.6. The Morgan fingerprint density at radius 1 is 1.00 bits per heavy atom. The number of aliphatic hydroxyl groups excluding tert-OH is 1. The van der Waals surface area contributed by atoms with Crippen LogP contribution < -0.4 is 0 Å². The topological polar surface area (TPSA) is 57.5 Å². The number of carboxylic acid groups (broad SMARTS) is 1. The van der Waals surface area contributed by atoms with Crippen LogP contribution in [0, 0.1) is 52.3 Å². The van der Waals surface area contributed by atoms with Crippen LogP contribution in [0.3, 0.4) is 0 Å². The van der Waals surface area contributed by atoms with Crippen LogP contribution in [-0.2, 0) is 4.79 Å². The minimum Gasteiger partial charge on any atom is -0.481 e. The van der Waals surface area contributed by atoms with Crippen molar-refractivity contribution in [3.8, 4) is 0 Å². The molecule has 2 N–H and O–H groups in total. The summed E-state index contributed by atoms with van der Waals surface area (Å²) in [5, 5.41) is 19.6. The average Bonchev–Trinajstić information content (AvgIpc) is 3.03. The molecule has 4 rings (SSSR count). The Labute approximate surface area is 178 Å². The maximum Gasteiger partial charge on any atom is 0.303 e. The van der Waals surface area contributed by atoms with Crippen molar-refractivity contribution >= 4 is 5.97 Å². The van der Waals surface area contributed by atoms with Crippen molar-refractivity contribution in [2.45, 2.75) is 104 Å². The first-order chi connectivity index (χ1) is 13.7. The summed E-state index contributed by atoms with van der Waals surface area (Å²) in [6, 6.07) is 0. The third kappa shape index (κ3) is 3.48.